The van der Waals surface area contributed by atoms with E-state index in [-0.39, 0.29) is 16.9 Å². The second-order valence-electron chi connectivity index (χ2n) is 4.69. The van der Waals surface area contributed by atoms with E-state index >= 15 is 0 Å². The maximum Gasteiger partial charge on any atom is 0.291 e. The van der Waals surface area contributed by atoms with Gasteiger partial charge in [0.1, 0.15) is 0 Å². The van der Waals surface area contributed by atoms with Crippen molar-refractivity contribution in [3.63, 3.8) is 0 Å². The van der Waals surface area contributed by atoms with Crippen LogP contribution < -0.4 is 15.8 Å². The van der Waals surface area contributed by atoms with Crippen LogP contribution in [0.4, 0.5) is 5.69 Å². The van der Waals surface area contributed by atoms with E-state index in [1.165, 1.54) is 19.2 Å². The number of carbonyl (C=O) groups is 1. The standard InChI is InChI=1S/C14H17N3O4S/c1-9(15)10-3-5-11(6-4-10)17-14(18)12-7-8-13(21-12)22(19,20)16-2/h3-9,16H,15H2,1-2H3,(H,17,18)/t9-/m0/s1. The number of sulfonamides is 1. The molecule has 0 radical (unpaired) electrons. The molecule has 22 heavy (non-hydrogen) atoms. The number of hydrogen-bond acceptors (Lipinski definition) is 5. The fourth-order valence-corrected chi connectivity index (χ4v) is 2.40. The largest absolute Gasteiger partial charge is 0.438 e. The molecule has 1 atom stereocenters. The van der Waals surface area contributed by atoms with Crippen molar-refractivity contribution in [2.45, 2.75) is 18.1 Å². The van der Waals surface area contributed by atoms with Crippen molar-refractivity contribution in [1.82, 2.24) is 4.72 Å². The van der Waals surface area contributed by atoms with E-state index in [4.69, 9.17) is 10.2 Å². The Hall–Kier alpha value is -2.16. The van der Waals surface area contributed by atoms with Crippen LogP contribution >= 0.6 is 0 Å². The van der Waals surface area contributed by atoms with Gasteiger partial charge in [-0.05, 0) is 43.8 Å². The highest BCUT2D eigenvalue weighted by Crippen LogP contribution is 2.17. The number of benzene rings is 1. The van der Waals surface area contributed by atoms with Crippen molar-refractivity contribution in [2.75, 3.05) is 12.4 Å². The first-order valence-corrected chi connectivity index (χ1v) is 8.02. The van der Waals surface area contributed by atoms with Crippen molar-refractivity contribution < 1.29 is 17.6 Å². The summed E-state index contributed by atoms with van der Waals surface area (Å²) in [5, 5.41) is 2.31. The molecule has 4 N–H and O–H groups in total. The second-order valence-corrected chi connectivity index (χ2v) is 6.51. The van der Waals surface area contributed by atoms with E-state index in [1.54, 1.807) is 24.3 Å². The van der Waals surface area contributed by atoms with Crippen molar-refractivity contribution >= 4 is 21.6 Å². The normalized spacial score (nSPS) is 12.9. The zero-order chi connectivity index (χ0) is 16.3. The maximum atomic E-state index is 12.0. The summed E-state index contributed by atoms with van der Waals surface area (Å²) in [7, 11) is -2.45. The molecule has 0 fully saturated rings. The molecule has 0 saturated heterocycles. The first kappa shape index (κ1) is 16.2. The molecule has 0 aliphatic heterocycles. The summed E-state index contributed by atoms with van der Waals surface area (Å²) in [6.07, 6.45) is 0. The summed E-state index contributed by atoms with van der Waals surface area (Å²) in [6.45, 7) is 1.86. The zero-order valence-corrected chi connectivity index (χ0v) is 13.0. The Morgan fingerprint density at radius 2 is 1.82 bits per heavy atom. The Balaban J connectivity index is 2.13. The summed E-state index contributed by atoms with van der Waals surface area (Å²) >= 11 is 0. The number of nitrogens with one attached hydrogen (secondary N) is 2. The van der Waals surface area contributed by atoms with Gasteiger partial charge in [0.25, 0.3) is 15.9 Å². The molecular formula is C14H17N3O4S. The number of carbonyl (C=O) groups excluding carboxylic acids is 1. The third kappa shape index (κ3) is 3.53. The van der Waals surface area contributed by atoms with Crippen LogP contribution in [0.15, 0.2) is 45.9 Å². The summed E-state index contributed by atoms with van der Waals surface area (Å²) < 4.78 is 30.3. The van der Waals surface area contributed by atoms with Gasteiger partial charge in [0.2, 0.25) is 5.09 Å². The topological polar surface area (TPSA) is 114 Å². The fourth-order valence-electron chi connectivity index (χ4n) is 1.75. The number of anilines is 1. The predicted molar refractivity (Wildman–Crippen MR) is 82.0 cm³/mol. The molecule has 0 unspecified atom stereocenters. The van der Waals surface area contributed by atoms with Gasteiger partial charge in [0.05, 0.1) is 0 Å². The Bertz CT molecular complexity index is 764. The SMILES string of the molecule is CNS(=O)(=O)c1ccc(C(=O)Nc2ccc([C@H](C)N)cc2)o1. The Labute approximate surface area is 128 Å². The van der Waals surface area contributed by atoms with Crippen molar-refractivity contribution in [3.8, 4) is 0 Å². The Morgan fingerprint density at radius 3 is 2.36 bits per heavy atom. The van der Waals surface area contributed by atoms with E-state index in [2.05, 4.69) is 10.0 Å². The van der Waals surface area contributed by atoms with E-state index < -0.39 is 15.9 Å². The molecule has 0 saturated carbocycles. The molecule has 0 aliphatic rings. The predicted octanol–water partition coefficient (Wildman–Crippen LogP) is 1.46. The Kier molecular flexibility index (Phi) is 4.65. The minimum Gasteiger partial charge on any atom is -0.438 e. The third-order valence-electron chi connectivity index (χ3n) is 3.03. The molecule has 1 aromatic heterocycles. The van der Waals surface area contributed by atoms with Crippen LogP contribution in [0, 0.1) is 0 Å². The molecular weight excluding hydrogens is 306 g/mol. The molecule has 0 bridgehead atoms. The van der Waals surface area contributed by atoms with Gasteiger partial charge in [-0.25, -0.2) is 13.1 Å². The molecule has 8 heteroatoms. The maximum absolute atomic E-state index is 12.0. The molecule has 118 valence electrons. The summed E-state index contributed by atoms with van der Waals surface area (Å²) in [6, 6.07) is 9.47. The second kappa shape index (κ2) is 6.30. The van der Waals surface area contributed by atoms with Crippen LogP contribution in [-0.4, -0.2) is 21.4 Å². The van der Waals surface area contributed by atoms with Crippen molar-refractivity contribution in [2.24, 2.45) is 5.73 Å². The van der Waals surface area contributed by atoms with E-state index in [0.717, 1.165) is 5.56 Å². The highest BCUT2D eigenvalue weighted by Gasteiger charge is 2.19. The first-order valence-electron chi connectivity index (χ1n) is 6.54. The number of rotatable bonds is 5. The molecule has 0 aliphatic carbocycles. The van der Waals surface area contributed by atoms with Gasteiger partial charge in [-0.2, -0.15) is 0 Å². The monoisotopic (exact) mass is 323 g/mol. The average molecular weight is 323 g/mol. The van der Waals surface area contributed by atoms with Gasteiger partial charge < -0.3 is 15.5 Å². The van der Waals surface area contributed by atoms with Crippen LogP contribution in [0.1, 0.15) is 29.1 Å². The third-order valence-corrected chi connectivity index (χ3v) is 4.32. The van der Waals surface area contributed by atoms with Crippen molar-refractivity contribution in [3.05, 3.63) is 47.7 Å². The van der Waals surface area contributed by atoms with Gasteiger partial charge in [0, 0.05) is 11.7 Å². The van der Waals surface area contributed by atoms with Crippen LogP contribution in [0.3, 0.4) is 0 Å². The summed E-state index contributed by atoms with van der Waals surface area (Å²) in [4.78, 5) is 12.0. The lowest BCUT2D eigenvalue weighted by atomic mass is 10.1. The van der Waals surface area contributed by atoms with Gasteiger partial charge >= 0.3 is 0 Å². The highest BCUT2D eigenvalue weighted by atomic mass is 32.2. The summed E-state index contributed by atoms with van der Waals surface area (Å²) in [5.41, 5.74) is 7.25. The van der Waals surface area contributed by atoms with E-state index in [1.807, 2.05) is 6.92 Å². The number of hydrogen-bond donors (Lipinski definition) is 3. The minimum atomic E-state index is -3.71. The average Bonchev–Trinajstić information content (AvgIpc) is 2.98. The molecule has 1 heterocycles. The van der Waals surface area contributed by atoms with Crippen LogP contribution in [0.25, 0.3) is 0 Å². The summed E-state index contributed by atoms with van der Waals surface area (Å²) in [5.74, 6) is -0.629. The van der Waals surface area contributed by atoms with Crippen LogP contribution in [0.2, 0.25) is 0 Å². The fraction of sp³-hybridized carbons (Fsp3) is 0.214. The van der Waals surface area contributed by atoms with Gasteiger partial charge in [-0.15, -0.1) is 0 Å². The molecule has 7 nitrogen and oxygen atoms in total. The zero-order valence-electron chi connectivity index (χ0n) is 12.2. The molecule has 1 amide bonds. The van der Waals surface area contributed by atoms with Crippen molar-refractivity contribution in [1.29, 1.82) is 0 Å². The quantitative estimate of drug-likeness (QED) is 0.770. The molecule has 2 aromatic rings. The lowest BCUT2D eigenvalue weighted by molar-refractivity contribution is 0.0991. The van der Waals surface area contributed by atoms with Gasteiger partial charge in [-0.3, -0.25) is 4.79 Å². The highest BCUT2D eigenvalue weighted by molar-refractivity contribution is 7.89. The molecule has 1 aromatic carbocycles. The number of amides is 1. The Morgan fingerprint density at radius 1 is 1.18 bits per heavy atom. The molecule has 2 rings (SSSR count). The minimum absolute atomic E-state index is 0.0925. The van der Waals surface area contributed by atoms with Crippen LogP contribution in [-0.2, 0) is 10.0 Å². The van der Waals surface area contributed by atoms with Gasteiger partial charge in [0.15, 0.2) is 5.76 Å². The number of furan rings is 1. The first-order chi connectivity index (χ1) is 10.3. The molecule has 0 spiro atoms. The van der Waals surface area contributed by atoms with Crippen LogP contribution in [0.5, 0.6) is 0 Å². The number of nitrogens with two attached hydrogens (primary N) is 1. The van der Waals surface area contributed by atoms with Gasteiger partial charge in [-0.1, -0.05) is 12.1 Å². The lowest BCUT2D eigenvalue weighted by Crippen LogP contribution is -2.18. The smallest absolute Gasteiger partial charge is 0.291 e. The lowest BCUT2D eigenvalue weighted by Gasteiger charge is -2.07. The van der Waals surface area contributed by atoms with E-state index in [9.17, 15) is 13.2 Å². The van der Waals surface area contributed by atoms with E-state index in [0.29, 0.717) is 5.69 Å².